The molecule has 2 heterocycles. The topological polar surface area (TPSA) is 79.8 Å². The number of halogens is 1. The quantitative estimate of drug-likeness (QED) is 0.706. The first-order chi connectivity index (χ1) is 11.7. The zero-order chi connectivity index (χ0) is 16.8. The molecule has 0 saturated heterocycles. The van der Waals surface area contributed by atoms with Crippen LogP contribution in [0.25, 0.3) is 0 Å². The van der Waals surface area contributed by atoms with E-state index in [1.165, 1.54) is 12.4 Å². The molecule has 0 saturated carbocycles. The van der Waals surface area contributed by atoms with Gasteiger partial charge in [-0.2, -0.15) is 0 Å². The van der Waals surface area contributed by atoms with Crippen LogP contribution in [-0.4, -0.2) is 20.9 Å². The molecule has 120 valence electrons. The Kier molecular flexibility index (Phi) is 5.12. The number of hydrogen-bond donors (Lipinski definition) is 2. The van der Waals surface area contributed by atoms with Gasteiger partial charge in [0.25, 0.3) is 5.91 Å². The van der Waals surface area contributed by atoms with Crippen molar-refractivity contribution in [2.75, 3.05) is 5.32 Å². The first kappa shape index (κ1) is 16.1. The number of carbonyl (C=O) groups excluding carboxylic acids is 1. The summed E-state index contributed by atoms with van der Waals surface area (Å²) in [6.07, 6.45) is 6.36. The summed E-state index contributed by atoms with van der Waals surface area (Å²) >= 11 is 3.41. The number of nitrogens with one attached hydrogen (secondary N) is 2. The molecule has 0 atom stereocenters. The van der Waals surface area contributed by atoms with Crippen molar-refractivity contribution < 1.29 is 4.79 Å². The van der Waals surface area contributed by atoms with Gasteiger partial charge < -0.3 is 10.6 Å². The third kappa shape index (κ3) is 4.36. The van der Waals surface area contributed by atoms with Crippen LogP contribution in [0.1, 0.15) is 16.1 Å². The monoisotopic (exact) mass is 383 g/mol. The number of anilines is 2. The number of benzene rings is 1. The summed E-state index contributed by atoms with van der Waals surface area (Å²) in [6.45, 7) is 0.395. The molecule has 7 heteroatoms. The summed E-state index contributed by atoms with van der Waals surface area (Å²) in [5.41, 5.74) is 2.07. The van der Waals surface area contributed by atoms with Crippen molar-refractivity contribution in [1.29, 1.82) is 0 Å². The molecule has 0 aliphatic heterocycles. The predicted molar refractivity (Wildman–Crippen MR) is 94.9 cm³/mol. The van der Waals surface area contributed by atoms with Crippen molar-refractivity contribution >= 4 is 33.3 Å². The molecule has 6 nitrogen and oxygen atoms in total. The zero-order valence-corrected chi connectivity index (χ0v) is 14.2. The van der Waals surface area contributed by atoms with E-state index in [0.717, 1.165) is 15.7 Å². The number of amides is 1. The SMILES string of the molecule is O=C(NCc1cccnc1)c1cnc(Nc2cccc(Br)c2)cn1. The summed E-state index contributed by atoms with van der Waals surface area (Å²) in [5, 5.41) is 5.91. The van der Waals surface area contributed by atoms with Crippen molar-refractivity contribution in [2.45, 2.75) is 6.54 Å². The first-order valence-corrected chi connectivity index (χ1v) is 8.02. The zero-order valence-electron chi connectivity index (χ0n) is 12.6. The van der Waals surface area contributed by atoms with E-state index in [4.69, 9.17) is 0 Å². The Bertz CT molecular complexity index is 824. The second-order valence-corrected chi connectivity index (χ2v) is 5.88. The summed E-state index contributed by atoms with van der Waals surface area (Å²) in [6, 6.07) is 11.4. The summed E-state index contributed by atoms with van der Waals surface area (Å²) in [7, 11) is 0. The summed E-state index contributed by atoms with van der Waals surface area (Å²) < 4.78 is 0.965. The Morgan fingerprint density at radius 3 is 2.71 bits per heavy atom. The number of carbonyl (C=O) groups is 1. The van der Waals surface area contributed by atoms with Crippen molar-refractivity contribution in [3.8, 4) is 0 Å². The van der Waals surface area contributed by atoms with Gasteiger partial charge in [0.15, 0.2) is 0 Å². The van der Waals surface area contributed by atoms with Crippen LogP contribution in [0.2, 0.25) is 0 Å². The molecule has 0 bridgehead atoms. The molecule has 2 N–H and O–H groups in total. The maximum atomic E-state index is 12.1. The van der Waals surface area contributed by atoms with Gasteiger partial charge >= 0.3 is 0 Å². The van der Waals surface area contributed by atoms with Crippen LogP contribution in [0, 0.1) is 0 Å². The fraction of sp³-hybridized carbons (Fsp3) is 0.0588. The van der Waals surface area contributed by atoms with E-state index in [1.807, 2.05) is 36.4 Å². The average molecular weight is 384 g/mol. The minimum Gasteiger partial charge on any atom is -0.347 e. The molecule has 3 rings (SSSR count). The van der Waals surface area contributed by atoms with Crippen molar-refractivity contribution in [1.82, 2.24) is 20.3 Å². The van der Waals surface area contributed by atoms with Crippen molar-refractivity contribution in [2.24, 2.45) is 0 Å². The fourth-order valence-electron chi connectivity index (χ4n) is 2.00. The second-order valence-electron chi connectivity index (χ2n) is 4.97. The Hall–Kier alpha value is -2.80. The maximum Gasteiger partial charge on any atom is 0.271 e. The van der Waals surface area contributed by atoms with E-state index in [2.05, 4.69) is 41.5 Å². The van der Waals surface area contributed by atoms with Gasteiger partial charge in [-0.25, -0.2) is 9.97 Å². The highest BCUT2D eigenvalue weighted by molar-refractivity contribution is 9.10. The minimum absolute atomic E-state index is 0.263. The van der Waals surface area contributed by atoms with Crippen LogP contribution < -0.4 is 10.6 Å². The highest BCUT2D eigenvalue weighted by Crippen LogP contribution is 2.18. The smallest absolute Gasteiger partial charge is 0.271 e. The predicted octanol–water partition coefficient (Wildman–Crippen LogP) is 3.31. The molecule has 0 spiro atoms. The van der Waals surface area contributed by atoms with Crippen LogP contribution >= 0.6 is 15.9 Å². The van der Waals surface area contributed by atoms with Crippen molar-refractivity contribution in [3.63, 3.8) is 0 Å². The largest absolute Gasteiger partial charge is 0.347 e. The molecule has 0 aliphatic carbocycles. The first-order valence-electron chi connectivity index (χ1n) is 7.22. The number of aromatic nitrogens is 3. The third-order valence-electron chi connectivity index (χ3n) is 3.16. The molecular formula is C17H14BrN5O. The Labute approximate surface area is 147 Å². The molecule has 1 amide bonds. The van der Waals surface area contributed by atoms with Crippen molar-refractivity contribution in [3.05, 3.63) is 76.9 Å². The van der Waals surface area contributed by atoms with Gasteiger partial charge in [-0.15, -0.1) is 0 Å². The maximum absolute atomic E-state index is 12.1. The van der Waals surface area contributed by atoms with Gasteiger partial charge in [0.1, 0.15) is 11.5 Å². The molecular weight excluding hydrogens is 370 g/mol. The van der Waals surface area contributed by atoms with Gasteiger partial charge in [0, 0.05) is 29.1 Å². The molecule has 0 unspecified atom stereocenters. The van der Waals surface area contributed by atoms with Gasteiger partial charge in [-0.05, 0) is 29.8 Å². The molecule has 0 aliphatic rings. The van der Waals surface area contributed by atoms with Crippen LogP contribution in [0.15, 0.2) is 65.7 Å². The molecule has 0 radical (unpaired) electrons. The van der Waals surface area contributed by atoms with Gasteiger partial charge in [0.05, 0.1) is 12.4 Å². The van der Waals surface area contributed by atoms with E-state index in [1.54, 1.807) is 12.4 Å². The van der Waals surface area contributed by atoms with Gasteiger partial charge in [-0.1, -0.05) is 28.1 Å². The lowest BCUT2D eigenvalue weighted by Gasteiger charge is -2.07. The molecule has 1 aromatic carbocycles. The van der Waals surface area contributed by atoms with Crippen LogP contribution in [0.4, 0.5) is 11.5 Å². The van der Waals surface area contributed by atoms with E-state index >= 15 is 0 Å². The van der Waals surface area contributed by atoms with E-state index in [0.29, 0.717) is 12.4 Å². The van der Waals surface area contributed by atoms with Gasteiger partial charge in [0.2, 0.25) is 0 Å². The lowest BCUT2D eigenvalue weighted by atomic mass is 10.3. The Morgan fingerprint density at radius 2 is 2.00 bits per heavy atom. The number of pyridine rings is 1. The highest BCUT2D eigenvalue weighted by atomic mass is 79.9. The molecule has 3 aromatic rings. The average Bonchev–Trinajstić information content (AvgIpc) is 2.61. The molecule has 0 fully saturated rings. The second kappa shape index (κ2) is 7.65. The van der Waals surface area contributed by atoms with E-state index < -0.39 is 0 Å². The molecule has 2 aromatic heterocycles. The standard InChI is InChI=1S/C17H14BrN5O/c18-13-4-1-5-14(7-13)23-16-11-20-15(10-21-16)17(24)22-9-12-3-2-6-19-8-12/h1-8,10-11H,9H2,(H,21,23)(H,22,24). The normalized spacial score (nSPS) is 10.2. The van der Waals surface area contributed by atoms with Crippen LogP contribution in [0.5, 0.6) is 0 Å². The van der Waals surface area contributed by atoms with Gasteiger partial charge in [-0.3, -0.25) is 9.78 Å². The molecule has 24 heavy (non-hydrogen) atoms. The fourth-order valence-corrected chi connectivity index (χ4v) is 2.40. The number of nitrogens with zero attached hydrogens (tertiary/aromatic N) is 3. The number of hydrogen-bond acceptors (Lipinski definition) is 5. The minimum atomic E-state index is -0.277. The van der Waals surface area contributed by atoms with Crippen LogP contribution in [0.3, 0.4) is 0 Å². The van der Waals surface area contributed by atoms with E-state index in [9.17, 15) is 4.79 Å². The lowest BCUT2D eigenvalue weighted by Crippen LogP contribution is -2.24. The van der Waals surface area contributed by atoms with E-state index in [-0.39, 0.29) is 11.6 Å². The summed E-state index contributed by atoms with van der Waals surface area (Å²) in [4.78, 5) is 24.4. The highest BCUT2D eigenvalue weighted by Gasteiger charge is 2.08. The Balaban J connectivity index is 1.60. The van der Waals surface area contributed by atoms with Crippen LogP contribution in [-0.2, 0) is 6.54 Å². The Morgan fingerprint density at radius 1 is 1.08 bits per heavy atom. The third-order valence-corrected chi connectivity index (χ3v) is 3.65. The lowest BCUT2D eigenvalue weighted by molar-refractivity contribution is 0.0945. The summed E-state index contributed by atoms with van der Waals surface area (Å²) in [5.74, 6) is 0.289. The number of rotatable bonds is 5.